The van der Waals surface area contributed by atoms with E-state index in [1.54, 1.807) is 24.7 Å². The van der Waals surface area contributed by atoms with Gasteiger partial charge in [-0.1, -0.05) is 0 Å². The maximum absolute atomic E-state index is 13.4. The molecule has 0 amide bonds. The van der Waals surface area contributed by atoms with Crippen LogP contribution in [0.15, 0.2) is 61.4 Å². The topological polar surface area (TPSA) is 64.7 Å². The predicted octanol–water partition coefficient (Wildman–Crippen LogP) is 3.33. The van der Waals surface area contributed by atoms with Gasteiger partial charge in [0.05, 0.1) is 29.1 Å². The zero-order chi connectivity index (χ0) is 20.5. The largest absolute Gasteiger partial charge is 0.324 e. The zero-order valence-corrected chi connectivity index (χ0v) is 16.7. The second-order valence-corrected chi connectivity index (χ2v) is 7.57. The monoisotopic (exact) mass is 403 g/mol. The minimum atomic E-state index is -0.261. The van der Waals surface area contributed by atoms with E-state index in [-0.39, 0.29) is 11.9 Å². The van der Waals surface area contributed by atoms with Gasteiger partial charge in [0.15, 0.2) is 0 Å². The van der Waals surface area contributed by atoms with Gasteiger partial charge in [-0.25, -0.2) is 19.3 Å². The molecule has 3 aromatic heterocycles. The number of hydrogen-bond donors (Lipinski definition) is 0. The molecule has 1 saturated heterocycles. The highest BCUT2D eigenvalue weighted by molar-refractivity contribution is 5.76. The highest BCUT2D eigenvalue weighted by atomic mass is 19.1. The van der Waals surface area contributed by atoms with Crippen LogP contribution < -0.4 is 0 Å². The molecule has 0 radical (unpaired) electrons. The van der Waals surface area contributed by atoms with Crippen LogP contribution >= 0.6 is 0 Å². The van der Waals surface area contributed by atoms with Crippen LogP contribution in [0.1, 0.15) is 18.2 Å². The van der Waals surface area contributed by atoms with E-state index >= 15 is 0 Å². The third-order valence-corrected chi connectivity index (χ3v) is 5.68. The molecule has 1 atom stereocenters. The van der Waals surface area contributed by atoms with Crippen LogP contribution in [0, 0.1) is 5.82 Å². The van der Waals surface area contributed by atoms with Gasteiger partial charge in [0.2, 0.25) is 0 Å². The second-order valence-electron chi connectivity index (χ2n) is 7.57. The number of imidazole rings is 1. The fraction of sp³-hybridized carbons (Fsp3) is 0.273. The van der Waals surface area contributed by atoms with Crippen molar-refractivity contribution in [2.45, 2.75) is 19.0 Å². The van der Waals surface area contributed by atoms with Crippen LogP contribution in [0.25, 0.3) is 22.6 Å². The van der Waals surface area contributed by atoms with Gasteiger partial charge in [0.1, 0.15) is 12.1 Å². The van der Waals surface area contributed by atoms with E-state index < -0.39 is 0 Å². The van der Waals surface area contributed by atoms with Crippen molar-refractivity contribution in [1.82, 2.24) is 34.2 Å². The first-order chi connectivity index (χ1) is 14.7. The van der Waals surface area contributed by atoms with Gasteiger partial charge < -0.3 is 4.57 Å². The van der Waals surface area contributed by atoms with Crippen molar-refractivity contribution in [3.8, 4) is 22.6 Å². The smallest absolute Gasteiger partial charge is 0.123 e. The SMILES string of the molecule is Cn1nccc1CN1CCC(n2cnc(-c3ccc(F)cc3)c2-c2ccncn2)C1. The number of halogens is 1. The van der Waals surface area contributed by atoms with Crippen molar-refractivity contribution < 1.29 is 4.39 Å². The molecule has 1 unspecified atom stereocenters. The Morgan fingerprint density at radius 1 is 1.07 bits per heavy atom. The normalized spacial score (nSPS) is 16.9. The molecule has 152 valence electrons. The van der Waals surface area contributed by atoms with E-state index in [2.05, 4.69) is 30.6 Å². The van der Waals surface area contributed by atoms with Crippen molar-refractivity contribution in [1.29, 1.82) is 0 Å². The lowest BCUT2D eigenvalue weighted by Crippen LogP contribution is -2.22. The summed E-state index contributed by atoms with van der Waals surface area (Å²) >= 11 is 0. The maximum atomic E-state index is 13.4. The number of aryl methyl sites for hydroxylation is 1. The minimum absolute atomic E-state index is 0.261. The van der Waals surface area contributed by atoms with Gasteiger partial charge in [-0.15, -0.1) is 0 Å². The van der Waals surface area contributed by atoms with Gasteiger partial charge in [0, 0.05) is 50.7 Å². The summed E-state index contributed by atoms with van der Waals surface area (Å²) in [5, 5.41) is 4.27. The molecular formula is C22H22FN7. The Morgan fingerprint density at radius 3 is 2.67 bits per heavy atom. The quantitative estimate of drug-likeness (QED) is 0.511. The van der Waals surface area contributed by atoms with Crippen LogP contribution in [-0.4, -0.2) is 47.3 Å². The fourth-order valence-electron chi connectivity index (χ4n) is 4.11. The van der Waals surface area contributed by atoms with E-state index in [0.717, 1.165) is 48.7 Å². The van der Waals surface area contributed by atoms with E-state index in [9.17, 15) is 4.39 Å². The summed E-state index contributed by atoms with van der Waals surface area (Å²) < 4.78 is 17.6. The number of benzene rings is 1. The van der Waals surface area contributed by atoms with Crippen molar-refractivity contribution in [3.63, 3.8) is 0 Å². The minimum Gasteiger partial charge on any atom is -0.324 e. The summed E-state index contributed by atoms with van der Waals surface area (Å²) in [6, 6.07) is 10.7. The lowest BCUT2D eigenvalue weighted by Gasteiger charge is -2.18. The van der Waals surface area contributed by atoms with Crippen LogP contribution in [0.3, 0.4) is 0 Å². The molecule has 1 aliphatic heterocycles. The third-order valence-electron chi connectivity index (χ3n) is 5.68. The Hall–Kier alpha value is -3.39. The van der Waals surface area contributed by atoms with Crippen LogP contribution in [-0.2, 0) is 13.6 Å². The Kier molecular flexibility index (Phi) is 4.84. The highest BCUT2D eigenvalue weighted by Crippen LogP contribution is 2.35. The lowest BCUT2D eigenvalue weighted by atomic mass is 10.1. The molecule has 1 aromatic carbocycles. The molecular weight excluding hydrogens is 381 g/mol. The van der Waals surface area contributed by atoms with E-state index in [4.69, 9.17) is 4.98 Å². The Bertz CT molecular complexity index is 1130. The lowest BCUT2D eigenvalue weighted by molar-refractivity contribution is 0.307. The van der Waals surface area contributed by atoms with Crippen molar-refractivity contribution in [3.05, 3.63) is 73.0 Å². The number of rotatable bonds is 5. The molecule has 1 fully saturated rings. The maximum Gasteiger partial charge on any atom is 0.123 e. The second kappa shape index (κ2) is 7.79. The molecule has 5 rings (SSSR count). The Balaban J connectivity index is 1.48. The average Bonchev–Trinajstić information content (AvgIpc) is 3.50. The van der Waals surface area contributed by atoms with E-state index in [1.165, 1.54) is 17.8 Å². The summed E-state index contributed by atoms with van der Waals surface area (Å²) in [4.78, 5) is 15.7. The molecule has 7 nitrogen and oxygen atoms in total. The van der Waals surface area contributed by atoms with Crippen LogP contribution in [0.5, 0.6) is 0 Å². The first kappa shape index (κ1) is 18.6. The van der Waals surface area contributed by atoms with Gasteiger partial charge in [-0.2, -0.15) is 5.10 Å². The summed E-state index contributed by atoms with van der Waals surface area (Å²) in [5.74, 6) is -0.261. The molecule has 0 bridgehead atoms. The van der Waals surface area contributed by atoms with E-state index in [1.807, 2.05) is 30.3 Å². The van der Waals surface area contributed by atoms with E-state index in [0.29, 0.717) is 0 Å². The molecule has 0 N–H and O–H groups in total. The van der Waals surface area contributed by atoms with Gasteiger partial charge in [0.25, 0.3) is 0 Å². The van der Waals surface area contributed by atoms with Crippen LogP contribution in [0.2, 0.25) is 0 Å². The number of nitrogens with zero attached hydrogens (tertiary/aromatic N) is 7. The van der Waals surface area contributed by atoms with Gasteiger partial charge in [-0.3, -0.25) is 9.58 Å². The molecule has 1 aliphatic rings. The summed E-state index contributed by atoms with van der Waals surface area (Å²) in [6.45, 7) is 2.79. The molecule has 8 heteroatoms. The van der Waals surface area contributed by atoms with Crippen molar-refractivity contribution in [2.75, 3.05) is 13.1 Å². The number of aromatic nitrogens is 6. The molecule has 4 aromatic rings. The van der Waals surface area contributed by atoms with Crippen molar-refractivity contribution in [2.24, 2.45) is 7.05 Å². The third kappa shape index (κ3) is 3.50. The van der Waals surface area contributed by atoms with Gasteiger partial charge >= 0.3 is 0 Å². The van der Waals surface area contributed by atoms with Crippen LogP contribution in [0.4, 0.5) is 4.39 Å². The molecule has 4 heterocycles. The molecule has 0 aliphatic carbocycles. The number of likely N-dealkylation sites (tertiary alicyclic amines) is 1. The predicted molar refractivity (Wildman–Crippen MR) is 111 cm³/mol. The molecule has 0 spiro atoms. The fourth-order valence-corrected chi connectivity index (χ4v) is 4.11. The zero-order valence-electron chi connectivity index (χ0n) is 16.7. The highest BCUT2D eigenvalue weighted by Gasteiger charge is 2.28. The standard InChI is InChI=1S/C22H22FN7/c1-28-18(6-10-27-28)12-29-11-8-19(13-29)30-15-26-21(16-2-4-17(23)5-3-16)22(30)20-7-9-24-14-25-20/h2-7,9-10,14-15,19H,8,11-13H2,1H3. The first-order valence-corrected chi connectivity index (χ1v) is 9.97. The molecule has 0 saturated carbocycles. The van der Waals surface area contributed by atoms with Crippen molar-refractivity contribution >= 4 is 0 Å². The Labute approximate surface area is 173 Å². The van der Waals surface area contributed by atoms with Gasteiger partial charge in [-0.05, 0) is 42.8 Å². The summed E-state index contributed by atoms with van der Waals surface area (Å²) in [5.41, 5.74) is 4.62. The first-order valence-electron chi connectivity index (χ1n) is 9.97. The summed E-state index contributed by atoms with van der Waals surface area (Å²) in [7, 11) is 1.97. The summed E-state index contributed by atoms with van der Waals surface area (Å²) in [6.07, 6.45) is 8.02. The average molecular weight is 403 g/mol. The molecule has 30 heavy (non-hydrogen) atoms. The number of hydrogen-bond acceptors (Lipinski definition) is 5. The Morgan fingerprint density at radius 2 is 1.93 bits per heavy atom.